The van der Waals surface area contributed by atoms with Crippen molar-refractivity contribution >= 4 is 21.8 Å². The average Bonchev–Trinajstić information content (AvgIpc) is 3.85. The largest absolute Gasteiger partial charge is 0.458 e. The molecule has 0 fully saturated rings. The quantitative estimate of drug-likeness (QED) is 0.129. The van der Waals surface area contributed by atoms with Gasteiger partial charge in [-0.15, -0.1) is 0 Å². The van der Waals surface area contributed by atoms with E-state index in [1.807, 2.05) is 18.3 Å². The fourth-order valence-corrected chi connectivity index (χ4v) is 8.71. The zero-order chi connectivity index (χ0) is 39.7. The Hall–Kier alpha value is -7.50. The van der Waals surface area contributed by atoms with Gasteiger partial charge in [0.25, 0.3) is 6.33 Å². The van der Waals surface area contributed by atoms with Crippen LogP contribution < -0.4 is 9.30 Å². The van der Waals surface area contributed by atoms with Crippen molar-refractivity contribution in [3.63, 3.8) is 0 Å². The monoisotopic (exact) mass is 760 g/mol. The van der Waals surface area contributed by atoms with Gasteiger partial charge in [-0.25, -0.2) is 4.98 Å². The van der Waals surface area contributed by atoms with Crippen LogP contribution in [0.1, 0.15) is 26.3 Å². The molecule has 0 spiro atoms. The lowest BCUT2D eigenvalue weighted by Gasteiger charge is -2.24. The molecule has 0 aliphatic carbocycles. The average molecular weight is 761 g/mol. The van der Waals surface area contributed by atoms with E-state index in [1.165, 1.54) is 27.6 Å². The van der Waals surface area contributed by atoms with Crippen LogP contribution in [0.2, 0.25) is 0 Å². The minimum Gasteiger partial charge on any atom is -0.458 e. The Morgan fingerprint density at radius 2 is 1.19 bits per heavy atom. The first-order valence-corrected chi connectivity index (χ1v) is 20.1. The number of pyridine rings is 1. The van der Waals surface area contributed by atoms with E-state index in [4.69, 9.17) is 9.72 Å². The van der Waals surface area contributed by atoms with Gasteiger partial charge in [0, 0.05) is 29.2 Å². The molecule has 1 aliphatic heterocycles. The second kappa shape index (κ2) is 13.6. The lowest BCUT2D eigenvalue weighted by atomic mass is 9.87. The summed E-state index contributed by atoms with van der Waals surface area (Å²) in [6.45, 7) is 6.71. The second-order valence-electron chi connectivity index (χ2n) is 16.3. The number of rotatable bonds is 5. The van der Waals surface area contributed by atoms with Gasteiger partial charge >= 0.3 is 0 Å². The van der Waals surface area contributed by atoms with Crippen LogP contribution in [0, 0.1) is 6.33 Å². The summed E-state index contributed by atoms with van der Waals surface area (Å²) >= 11 is 0. The third-order valence-corrected chi connectivity index (χ3v) is 11.6. The Morgan fingerprint density at radius 3 is 2.00 bits per heavy atom. The van der Waals surface area contributed by atoms with Gasteiger partial charge in [-0.3, -0.25) is 13.7 Å². The first-order valence-electron chi connectivity index (χ1n) is 20.1. The molecule has 11 rings (SSSR count). The molecule has 0 radical (unpaired) electrons. The number of para-hydroxylation sites is 2. The molecule has 0 saturated heterocycles. The number of nitrogens with zero attached hydrogens (tertiary/aromatic N) is 4. The number of fused-ring (bicyclic) bond motifs is 11. The highest BCUT2D eigenvalue weighted by Gasteiger charge is 2.26. The summed E-state index contributed by atoms with van der Waals surface area (Å²) in [5.74, 6) is 2.37. The lowest BCUT2D eigenvalue weighted by Crippen LogP contribution is -2.34. The van der Waals surface area contributed by atoms with Gasteiger partial charge in [0.2, 0.25) is 0 Å². The maximum Gasteiger partial charge on any atom is 0.269 e. The van der Waals surface area contributed by atoms with E-state index in [2.05, 4.69) is 211 Å². The number of imidazole rings is 1. The minimum absolute atomic E-state index is 0.00887. The van der Waals surface area contributed by atoms with Crippen LogP contribution >= 0.6 is 0 Å². The van der Waals surface area contributed by atoms with Crippen molar-refractivity contribution in [3.05, 3.63) is 200 Å². The number of benzene rings is 7. The molecule has 0 unspecified atom stereocenters. The zero-order valence-electron chi connectivity index (χ0n) is 33.1. The normalized spacial score (nSPS) is 12.0. The second-order valence-corrected chi connectivity index (χ2v) is 16.3. The van der Waals surface area contributed by atoms with E-state index in [0.717, 1.165) is 73.1 Å². The number of ether oxygens (including phenoxy) is 1. The van der Waals surface area contributed by atoms with Crippen LogP contribution in [0.15, 0.2) is 188 Å². The van der Waals surface area contributed by atoms with Crippen molar-refractivity contribution in [2.24, 2.45) is 0 Å². The summed E-state index contributed by atoms with van der Waals surface area (Å²) in [6, 6.07) is 62.1. The molecule has 0 amide bonds. The van der Waals surface area contributed by atoms with Gasteiger partial charge in [-0.2, -0.15) is 0 Å². The predicted octanol–water partition coefficient (Wildman–Crippen LogP) is 13.1. The summed E-state index contributed by atoms with van der Waals surface area (Å²) in [6.07, 6.45) is 7.90. The van der Waals surface area contributed by atoms with Crippen LogP contribution in [0.25, 0.3) is 83.6 Å². The van der Waals surface area contributed by atoms with Gasteiger partial charge < -0.3 is 4.74 Å². The fourth-order valence-electron chi connectivity index (χ4n) is 8.71. The Kier molecular flexibility index (Phi) is 7.99. The topological polar surface area (TPSA) is 35.9 Å². The maximum absolute atomic E-state index is 6.72. The molecule has 0 atom stereocenters. The van der Waals surface area contributed by atoms with Crippen molar-refractivity contribution in [2.45, 2.75) is 26.2 Å². The molecule has 282 valence electrons. The summed E-state index contributed by atoms with van der Waals surface area (Å²) < 4.78 is 13.3. The molecule has 0 N–H and O–H groups in total. The molecule has 0 saturated carbocycles. The first kappa shape index (κ1) is 34.7. The third-order valence-electron chi connectivity index (χ3n) is 11.6. The Labute approximate surface area is 343 Å². The molecule has 3 aromatic heterocycles. The Balaban J connectivity index is 1.04. The molecular weight excluding hydrogens is 721 g/mol. The summed E-state index contributed by atoms with van der Waals surface area (Å²) in [4.78, 5) is 4.87. The summed E-state index contributed by atoms with van der Waals surface area (Å²) in [5.41, 5.74) is 14.6. The highest BCUT2D eigenvalue weighted by molar-refractivity contribution is 6.09. The first-order chi connectivity index (χ1) is 28.9. The van der Waals surface area contributed by atoms with E-state index in [9.17, 15) is 0 Å². The van der Waals surface area contributed by atoms with Gasteiger partial charge in [-0.1, -0.05) is 142 Å². The van der Waals surface area contributed by atoms with Crippen molar-refractivity contribution in [1.29, 1.82) is 0 Å². The molecule has 5 nitrogen and oxygen atoms in total. The van der Waals surface area contributed by atoms with Crippen molar-refractivity contribution in [3.8, 4) is 73.3 Å². The molecule has 4 heterocycles. The molecule has 5 heteroatoms. The van der Waals surface area contributed by atoms with E-state index in [-0.39, 0.29) is 5.41 Å². The van der Waals surface area contributed by atoms with Gasteiger partial charge in [0.05, 0.1) is 28.1 Å². The molecule has 1 aliphatic rings. The Bertz CT molecular complexity index is 3240. The van der Waals surface area contributed by atoms with Crippen LogP contribution in [0.4, 0.5) is 0 Å². The highest BCUT2D eigenvalue weighted by atomic mass is 16.5. The summed E-state index contributed by atoms with van der Waals surface area (Å²) in [7, 11) is 0. The van der Waals surface area contributed by atoms with E-state index in [0.29, 0.717) is 0 Å². The number of aromatic nitrogens is 4. The molecule has 10 aromatic rings. The predicted molar refractivity (Wildman–Crippen MR) is 239 cm³/mol. The minimum atomic E-state index is -0.00887. The SMILES string of the molecule is CC(C)(C)c1ccnc(-n2c3ccccc3c3ccc(Oc4cccc(-n5[c-][n+]6c(c5)-c5ccccc5-c5ccccc5-c5cccc(-c7ccccc7)c5-6)c4)cc32)c1. The van der Waals surface area contributed by atoms with E-state index in [1.54, 1.807) is 0 Å². The van der Waals surface area contributed by atoms with Gasteiger partial charge in [0.15, 0.2) is 0 Å². The third kappa shape index (κ3) is 5.85. The molecule has 0 bridgehead atoms. The zero-order valence-corrected chi connectivity index (χ0v) is 33.1. The smallest absolute Gasteiger partial charge is 0.269 e. The van der Waals surface area contributed by atoms with Gasteiger partial charge in [0.1, 0.15) is 17.3 Å². The standard InChI is InChI=1S/C54H40N4O/c1-54(2,3)37-29-30-55-52(31-37)58-49-26-12-11-23-46(49)47-28-27-40(33-50(47)58)59-39-18-13-17-38(32-39)56-34-51-45-22-10-9-20-43(45)42-19-7-8-21-44(42)48-25-14-24-41(53(48)57(51)35-56)36-15-5-4-6-16-36/h4-34H,1-3H3. The Morgan fingerprint density at radius 1 is 0.542 bits per heavy atom. The number of hydrogen-bond acceptors (Lipinski definition) is 2. The van der Waals surface area contributed by atoms with E-state index >= 15 is 0 Å². The van der Waals surface area contributed by atoms with Crippen molar-refractivity contribution < 1.29 is 9.30 Å². The highest BCUT2D eigenvalue weighted by Crippen LogP contribution is 2.44. The van der Waals surface area contributed by atoms with Gasteiger partial charge in [-0.05, 0) is 98.5 Å². The van der Waals surface area contributed by atoms with E-state index < -0.39 is 0 Å². The van der Waals surface area contributed by atoms with Crippen LogP contribution in [0.3, 0.4) is 0 Å². The van der Waals surface area contributed by atoms with Crippen LogP contribution in [-0.2, 0) is 5.41 Å². The molecule has 59 heavy (non-hydrogen) atoms. The summed E-state index contributed by atoms with van der Waals surface area (Å²) in [5, 5.41) is 2.33. The van der Waals surface area contributed by atoms with Crippen LogP contribution in [0.5, 0.6) is 11.5 Å². The molecule has 7 aromatic carbocycles. The van der Waals surface area contributed by atoms with Crippen LogP contribution in [-0.4, -0.2) is 14.1 Å². The number of hydrogen-bond donors (Lipinski definition) is 0. The van der Waals surface area contributed by atoms with Crippen molar-refractivity contribution in [1.82, 2.24) is 14.1 Å². The van der Waals surface area contributed by atoms with Crippen molar-refractivity contribution in [2.75, 3.05) is 0 Å². The molecular formula is C54H40N4O. The fraction of sp³-hybridized carbons (Fsp3) is 0.0741. The lowest BCUT2D eigenvalue weighted by molar-refractivity contribution is -0.586. The maximum atomic E-state index is 6.72.